The standard InChI is InChI=1S/C53H64N4O2/c1-9-13-27-38-40(29-15-11-3)50-46(36-23-19-17-20-24-36)48-34(6)33(5)42(54-48)32-45-53(8,52(58)59)35(7)49(57-45)47(37-25-21-18-22-26-37)51-41(30-16-12-4)39(28-14-10-2)44(56-51)31-43(38)55-50/h17-26,31-32,45,55,57H,9-16,27-30H2,1-8H3,(H,58,59)/b42-32-,43-31-,50-46-,51-47-. The zero-order chi connectivity index (χ0) is 41.8. The smallest absolute Gasteiger partial charge is 0.316 e. The lowest BCUT2D eigenvalue weighted by atomic mass is 9.77. The molecule has 8 bridgehead atoms. The summed E-state index contributed by atoms with van der Waals surface area (Å²) in [5.74, 6) is -0.861. The van der Waals surface area contributed by atoms with Gasteiger partial charge in [-0.05, 0) is 141 Å². The number of carboxylic acids is 1. The molecule has 4 aliphatic heterocycles. The van der Waals surface area contributed by atoms with Crippen LogP contribution in [0.2, 0.25) is 0 Å². The average Bonchev–Trinajstić information content (AvgIpc) is 3.92. The van der Waals surface area contributed by atoms with Crippen molar-refractivity contribution >= 4 is 34.6 Å². The highest BCUT2D eigenvalue weighted by molar-refractivity contribution is 6.33. The topological polar surface area (TPSA) is 89.8 Å². The van der Waals surface area contributed by atoms with Gasteiger partial charge >= 0.3 is 5.97 Å². The van der Waals surface area contributed by atoms with Gasteiger partial charge in [-0.1, -0.05) is 114 Å². The van der Waals surface area contributed by atoms with Gasteiger partial charge in [0.1, 0.15) is 5.41 Å². The van der Waals surface area contributed by atoms with E-state index in [1.54, 1.807) is 0 Å². The summed E-state index contributed by atoms with van der Waals surface area (Å²) in [5, 5.41) is 17.3. The van der Waals surface area contributed by atoms with Crippen LogP contribution in [0.3, 0.4) is 0 Å². The van der Waals surface area contributed by atoms with Crippen molar-refractivity contribution in [1.82, 2.24) is 10.3 Å². The van der Waals surface area contributed by atoms with E-state index in [0.717, 1.165) is 155 Å². The number of nitrogens with zero attached hydrogens (tertiary/aromatic N) is 2. The Morgan fingerprint density at radius 1 is 0.712 bits per heavy atom. The minimum absolute atomic E-state index is 0.555. The molecule has 4 aliphatic rings. The molecule has 2 aromatic carbocycles. The number of allylic oxidation sites excluding steroid dienone is 5. The summed E-state index contributed by atoms with van der Waals surface area (Å²) < 4.78 is 0. The second kappa shape index (κ2) is 17.9. The number of nitrogens with one attached hydrogen (secondary N) is 2. The molecule has 308 valence electrons. The van der Waals surface area contributed by atoms with Crippen LogP contribution in [0.4, 0.5) is 0 Å². The van der Waals surface area contributed by atoms with E-state index in [4.69, 9.17) is 9.98 Å². The molecule has 59 heavy (non-hydrogen) atoms. The molecule has 1 aromatic heterocycles. The molecule has 2 atom stereocenters. The maximum absolute atomic E-state index is 13.7. The molecule has 6 heteroatoms. The van der Waals surface area contributed by atoms with Gasteiger partial charge in [-0.3, -0.25) is 4.79 Å². The molecule has 0 aliphatic carbocycles. The van der Waals surface area contributed by atoms with Crippen LogP contribution in [0.25, 0.3) is 17.2 Å². The SMILES string of the molecule is CCCCC1=C(CCCC)/C2=C(\c3ccccc3)C3=C(C)C(C)(C(=O)O)C(/C=C4N=C(C(C)=C\4C)/C(c4ccccc4)=c4\[nH]/c(c(CCCC)c4CCCC)=C\C1=N2)N3. The number of H-pyrrole nitrogens is 1. The molecule has 0 saturated heterocycles. The van der Waals surface area contributed by atoms with Crippen molar-refractivity contribution < 1.29 is 9.90 Å². The Balaban J connectivity index is 1.71. The van der Waals surface area contributed by atoms with E-state index in [-0.39, 0.29) is 0 Å². The second-order valence-electron chi connectivity index (χ2n) is 17.1. The van der Waals surface area contributed by atoms with Gasteiger partial charge in [0.2, 0.25) is 0 Å². The van der Waals surface area contributed by atoms with E-state index in [1.165, 1.54) is 22.3 Å². The molecule has 0 fully saturated rings. The number of rotatable bonds is 15. The Labute approximate surface area is 352 Å². The number of aromatic amines is 1. The van der Waals surface area contributed by atoms with Gasteiger partial charge in [-0.25, -0.2) is 9.98 Å². The van der Waals surface area contributed by atoms with Crippen LogP contribution in [-0.2, 0) is 17.6 Å². The minimum Gasteiger partial charge on any atom is -0.481 e. The van der Waals surface area contributed by atoms with E-state index in [2.05, 4.69) is 119 Å². The molecule has 0 amide bonds. The van der Waals surface area contributed by atoms with Crippen LogP contribution in [-0.4, -0.2) is 33.5 Å². The van der Waals surface area contributed by atoms with Gasteiger partial charge in [0.05, 0.1) is 34.2 Å². The van der Waals surface area contributed by atoms with Crippen molar-refractivity contribution in [2.24, 2.45) is 15.4 Å². The zero-order valence-corrected chi connectivity index (χ0v) is 36.7. The fourth-order valence-electron chi connectivity index (χ4n) is 9.37. The predicted molar refractivity (Wildman–Crippen MR) is 247 cm³/mol. The molecular formula is C53H64N4O2. The Morgan fingerprint density at radius 3 is 1.86 bits per heavy atom. The van der Waals surface area contributed by atoms with E-state index < -0.39 is 17.4 Å². The van der Waals surface area contributed by atoms with Gasteiger partial charge in [0, 0.05) is 22.2 Å². The summed E-state index contributed by atoms with van der Waals surface area (Å²) in [6.07, 6.45) is 16.9. The first-order chi connectivity index (χ1) is 28.6. The molecule has 0 spiro atoms. The molecule has 2 unspecified atom stereocenters. The van der Waals surface area contributed by atoms with Gasteiger partial charge in [0.15, 0.2) is 0 Å². The largest absolute Gasteiger partial charge is 0.481 e. The quantitative estimate of drug-likeness (QED) is 0.143. The summed E-state index contributed by atoms with van der Waals surface area (Å²) in [6, 6.07) is 20.7. The van der Waals surface area contributed by atoms with E-state index >= 15 is 0 Å². The summed E-state index contributed by atoms with van der Waals surface area (Å²) in [4.78, 5) is 29.0. The van der Waals surface area contributed by atoms with Crippen molar-refractivity contribution in [2.75, 3.05) is 0 Å². The maximum atomic E-state index is 13.7. The normalized spacial score (nSPS) is 23.9. The van der Waals surface area contributed by atoms with Crippen LogP contribution >= 0.6 is 0 Å². The van der Waals surface area contributed by atoms with Crippen LogP contribution in [0.5, 0.6) is 0 Å². The number of aromatic nitrogens is 1. The number of carboxylic acid groups (broad SMARTS) is 1. The number of hydrogen-bond donors (Lipinski definition) is 3. The lowest BCUT2D eigenvalue weighted by Gasteiger charge is -2.26. The van der Waals surface area contributed by atoms with Crippen LogP contribution in [0.1, 0.15) is 142 Å². The minimum atomic E-state index is -1.24. The Kier molecular flexibility index (Phi) is 12.7. The molecule has 5 heterocycles. The zero-order valence-electron chi connectivity index (χ0n) is 36.7. The molecule has 3 aromatic rings. The highest BCUT2D eigenvalue weighted by Gasteiger charge is 2.50. The summed E-state index contributed by atoms with van der Waals surface area (Å²) in [5.41, 5.74) is 15.9. The van der Waals surface area contributed by atoms with Crippen molar-refractivity contribution in [3.8, 4) is 0 Å². The second-order valence-corrected chi connectivity index (χ2v) is 17.1. The van der Waals surface area contributed by atoms with Gasteiger partial charge in [0.25, 0.3) is 0 Å². The lowest BCUT2D eigenvalue weighted by Crippen LogP contribution is -2.41. The highest BCUT2D eigenvalue weighted by atomic mass is 16.4. The van der Waals surface area contributed by atoms with Gasteiger partial charge < -0.3 is 15.4 Å². The predicted octanol–water partition coefficient (Wildman–Crippen LogP) is 11.2. The number of hydrogen-bond acceptors (Lipinski definition) is 4. The van der Waals surface area contributed by atoms with Crippen molar-refractivity contribution in [1.29, 1.82) is 0 Å². The molecule has 3 N–H and O–H groups in total. The fourth-order valence-corrected chi connectivity index (χ4v) is 9.37. The van der Waals surface area contributed by atoms with Crippen molar-refractivity contribution in [3.63, 3.8) is 0 Å². The Morgan fingerprint density at radius 2 is 1.27 bits per heavy atom. The van der Waals surface area contributed by atoms with Crippen molar-refractivity contribution in [2.45, 2.75) is 138 Å². The first kappa shape index (κ1) is 41.9. The first-order valence-electron chi connectivity index (χ1n) is 22.4. The first-order valence-corrected chi connectivity index (χ1v) is 22.4. The van der Waals surface area contributed by atoms with Crippen molar-refractivity contribution in [3.05, 3.63) is 145 Å². The number of carbonyl (C=O) groups is 1. The fraction of sp³-hybridized carbons (Fsp3) is 0.415. The van der Waals surface area contributed by atoms with E-state index in [0.29, 0.717) is 0 Å². The Hall–Kier alpha value is -5.23. The number of fused-ring (bicyclic) bond motifs is 6. The van der Waals surface area contributed by atoms with E-state index in [1.807, 2.05) is 19.9 Å². The summed E-state index contributed by atoms with van der Waals surface area (Å²) in [7, 11) is 0. The summed E-state index contributed by atoms with van der Waals surface area (Å²) >= 11 is 0. The third-order valence-corrected chi connectivity index (χ3v) is 13.3. The Bertz CT molecular complexity index is 2470. The van der Waals surface area contributed by atoms with Crippen LogP contribution in [0, 0.1) is 5.41 Å². The van der Waals surface area contributed by atoms with Gasteiger partial charge in [-0.2, -0.15) is 0 Å². The maximum Gasteiger partial charge on any atom is 0.316 e. The molecule has 6 nitrogen and oxygen atoms in total. The van der Waals surface area contributed by atoms with E-state index in [9.17, 15) is 9.90 Å². The monoisotopic (exact) mass is 789 g/mol. The third kappa shape index (κ3) is 7.72. The number of benzene rings is 2. The molecule has 7 rings (SSSR count). The molecule has 0 saturated carbocycles. The van der Waals surface area contributed by atoms with Crippen LogP contribution in [0.15, 0.2) is 122 Å². The molecule has 0 radical (unpaired) electrons. The number of unbranched alkanes of at least 4 members (excludes halogenated alkanes) is 4. The average molecular weight is 789 g/mol. The molecular weight excluding hydrogens is 725 g/mol. The van der Waals surface area contributed by atoms with Gasteiger partial charge in [-0.15, -0.1) is 0 Å². The van der Waals surface area contributed by atoms with Crippen LogP contribution < -0.4 is 16.0 Å². The number of aliphatic imine (C=N–C) groups is 2. The number of aliphatic carboxylic acids is 1. The highest BCUT2D eigenvalue weighted by Crippen LogP contribution is 2.48. The summed E-state index contributed by atoms with van der Waals surface area (Å²) in [6.45, 7) is 17.3. The third-order valence-electron chi connectivity index (χ3n) is 13.3. The lowest BCUT2D eigenvalue weighted by molar-refractivity contribution is -0.145.